The Labute approximate surface area is 110 Å². The number of benzene rings is 1. The summed E-state index contributed by atoms with van der Waals surface area (Å²) in [6, 6.07) is 7.12. The van der Waals surface area contributed by atoms with E-state index in [0.717, 1.165) is 24.4 Å². The van der Waals surface area contributed by atoms with Crippen molar-refractivity contribution in [3.8, 4) is 5.75 Å². The van der Waals surface area contributed by atoms with Crippen LogP contribution in [-0.4, -0.2) is 6.54 Å². The van der Waals surface area contributed by atoms with Crippen molar-refractivity contribution in [3.05, 3.63) is 53.5 Å². The highest BCUT2D eigenvalue weighted by atomic mass is 19.1. The highest BCUT2D eigenvalue weighted by Crippen LogP contribution is 2.22. The fraction of sp³-hybridized carbons (Fsp3) is 0.286. The Kier molecular flexibility index (Phi) is 4.52. The molecule has 0 atom stereocenters. The molecule has 2 rings (SSSR count). The standard InChI is InChI=1S/C14H15F2NO2/c1-2-17-8-10-6-7-11(19-10)9-18-14-12(15)4-3-5-13(14)16/h3-7,17H,2,8-9H2,1H3. The normalized spacial score (nSPS) is 10.7. The number of furan rings is 1. The first kappa shape index (κ1) is 13.5. The van der Waals surface area contributed by atoms with E-state index in [-0.39, 0.29) is 12.4 Å². The zero-order valence-corrected chi connectivity index (χ0v) is 10.6. The van der Waals surface area contributed by atoms with E-state index in [1.165, 1.54) is 6.07 Å². The molecular weight excluding hydrogens is 252 g/mol. The van der Waals surface area contributed by atoms with Gasteiger partial charge >= 0.3 is 0 Å². The zero-order valence-electron chi connectivity index (χ0n) is 10.6. The molecule has 0 saturated carbocycles. The van der Waals surface area contributed by atoms with Crippen LogP contribution in [0, 0.1) is 11.6 Å². The van der Waals surface area contributed by atoms with Gasteiger partial charge in [0, 0.05) is 0 Å². The predicted octanol–water partition coefficient (Wildman–Crippen LogP) is 3.25. The van der Waals surface area contributed by atoms with Gasteiger partial charge in [-0.15, -0.1) is 0 Å². The summed E-state index contributed by atoms with van der Waals surface area (Å²) in [5.74, 6) is -0.545. The van der Waals surface area contributed by atoms with Crippen molar-refractivity contribution in [1.82, 2.24) is 5.32 Å². The Hall–Kier alpha value is -1.88. The fourth-order valence-electron chi connectivity index (χ4n) is 1.61. The number of rotatable bonds is 6. The maximum Gasteiger partial charge on any atom is 0.191 e. The molecule has 0 aliphatic heterocycles. The van der Waals surface area contributed by atoms with Crippen LogP contribution in [-0.2, 0) is 13.2 Å². The van der Waals surface area contributed by atoms with Crippen molar-refractivity contribution in [2.24, 2.45) is 0 Å². The van der Waals surface area contributed by atoms with Gasteiger partial charge in [-0.3, -0.25) is 0 Å². The quantitative estimate of drug-likeness (QED) is 0.872. The van der Waals surface area contributed by atoms with E-state index in [1.54, 1.807) is 12.1 Å². The van der Waals surface area contributed by atoms with Crippen molar-refractivity contribution < 1.29 is 17.9 Å². The Morgan fingerprint density at radius 2 is 1.79 bits per heavy atom. The lowest BCUT2D eigenvalue weighted by atomic mass is 10.3. The molecule has 1 heterocycles. The number of halogens is 2. The van der Waals surface area contributed by atoms with Crippen LogP contribution >= 0.6 is 0 Å². The second-order valence-corrected chi connectivity index (χ2v) is 3.99. The van der Waals surface area contributed by atoms with Crippen molar-refractivity contribution in [3.63, 3.8) is 0 Å². The van der Waals surface area contributed by atoms with Gasteiger partial charge in [-0.2, -0.15) is 0 Å². The summed E-state index contributed by atoms with van der Waals surface area (Å²) in [6.45, 7) is 3.44. The molecular formula is C14H15F2NO2. The summed E-state index contributed by atoms with van der Waals surface area (Å²) in [7, 11) is 0. The summed E-state index contributed by atoms with van der Waals surface area (Å²) in [6.07, 6.45) is 0. The van der Waals surface area contributed by atoms with Crippen molar-refractivity contribution in [1.29, 1.82) is 0 Å². The molecule has 0 radical (unpaired) electrons. The van der Waals surface area contributed by atoms with Crippen LogP contribution in [0.5, 0.6) is 5.75 Å². The van der Waals surface area contributed by atoms with Crippen molar-refractivity contribution in [2.75, 3.05) is 6.54 Å². The maximum atomic E-state index is 13.3. The molecule has 1 N–H and O–H groups in total. The van der Waals surface area contributed by atoms with Crippen LogP contribution in [0.3, 0.4) is 0 Å². The van der Waals surface area contributed by atoms with Gasteiger partial charge in [0.25, 0.3) is 0 Å². The van der Waals surface area contributed by atoms with Crippen LogP contribution in [0.25, 0.3) is 0 Å². The summed E-state index contributed by atoms with van der Waals surface area (Å²) < 4.78 is 37.2. The minimum absolute atomic E-state index is 0.00994. The first-order chi connectivity index (χ1) is 9.20. The summed E-state index contributed by atoms with van der Waals surface area (Å²) in [5, 5.41) is 3.12. The third-order valence-corrected chi connectivity index (χ3v) is 2.54. The van der Waals surface area contributed by atoms with Crippen molar-refractivity contribution in [2.45, 2.75) is 20.1 Å². The fourth-order valence-corrected chi connectivity index (χ4v) is 1.61. The number of hydrogen-bond acceptors (Lipinski definition) is 3. The van der Waals surface area contributed by atoms with E-state index in [1.807, 2.05) is 6.92 Å². The van der Waals surface area contributed by atoms with Gasteiger partial charge in [0.15, 0.2) is 17.4 Å². The zero-order chi connectivity index (χ0) is 13.7. The van der Waals surface area contributed by atoms with E-state index in [9.17, 15) is 8.78 Å². The van der Waals surface area contributed by atoms with Crippen LogP contribution < -0.4 is 10.1 Å². The lowest BCUT2D eigenvalue weighted by molar-refractivity contribution is 0.242. The highest BCUT2D eigenvalue weighted by molar-refractivity contribution is 5.26. The van der Waals surface area contributed by atoms with Gasteiger partial charge in [-0.25, -0.2) is 8.78 Å². The first-order valence-corrected chi connectivity index (χ1v) is 6.06. The largest absolute Gasteiger partial charge is 0.480 e. The van der Waals surface area contributed by atoms with E-state index in [4.69, 9.17) is 9.15 Å². The van der Waals surface area contributed by atoms with Gasteiger partial charge in [-0.1, -0.05) is 13.0 Å². The molecule has 0 aliphatic rings. The summed E-state index contributed by atoms with van der Waals surface area (Å²) in [4.78, 5) is 0. The van der Waals surface area contributed by atoms with E-state index in [0.29, 0.717) is 12.3 Å². The molecule has 3 nitrogen and oxygen atoms in total. The maximum absolute atomic E-state index is 13.3. The molecule has 2 aromatic rings. The molecule has 0 unspecified atom stereocenters. The Morgan fingerprint density at radius 1 is 1.11 bits per heavy atom. The molecule has 1 aromatic heterocycles. The topological polar surface area (TPSA) is 34.4 Å². The minimum atomic E-state index is -0.723. The predicted molar refractivity (Wildman–Crippen MR) is 66.8 cm³/mol. The average Bonchev–Trinajstić information content (AvgIpc) is 2.84. The molecule has 0 saturated heterocycles. The number of para-hydroxylation sites is 1. The first-order valence-electron chi connectivity index (χ1n) is 6.06. The molecule has 0 bridgehead atoms. The molecule has 19 heavy (non-hydrogen) atoms. The molecule has 0 amide bonds. The lowest BCUT2D eigenvalue weighted by Crippen LogP contribution is -2.10. The minimum Gasteiger partial charge on any atom is -0.480 e. The second-order valence-electron chi connectivity index (χ2n) is 3.99. The SMILES string of the molecule is CCNCc1ccc(COc2c(F)cccc2F)o1. The van der Waals surface area contributed by atoms with Crippen LogP contribution in [0.1, 0.15) is 18.4 Å². The Morgan fingerprint density at radius 3 is 2.47 bits per heavy atom. The number of nitrogens with one attached hydrogen (secondary N) is 1. The Balaban J connectivity index is 1.97. The molecule has 1 aromatic carbocycles. The summed E-state index contributed by atoms with van der Waals surface area (Å²) in [5.41, 5.74) is 0. The van der Waals surface area contributed by atoms with Crippen LogP contribution in [0.4, 0.5) is 8.78 Å². The van der Waals surface area contributed by atoms with Gasteiger partial charge in [0.2, 0.25) is 0 Å². The second kappa shape index (κ2) is 6.33. The molecule has 0 fully saturated rings. The summed E-state index contributed by atoms with van der Waals surface area (Å²) >= 11 is 0. The van der Waals surface area contributed by atoms with Gasteiger partial charge in [0.1, 0.15) is 18.1 Å². The highest BCUT2D eigenvalue weighted by Gasteiger charge is 2.11. The smallest absolute Gasteiger partial charge is 0.191 e. The number of ether oxygens (including phenoxy) is 1. The van der Waals surface area contributed by atoms with Gasteiger partial charge in [0.05, 0.1) is 6.54 Å². The molecule has 0 spiro atoms. The van der Waals surface area contributed by atoms with Crippen LogP contribution in [0.15, 0.2) is 34.7 Å². The Bertz CT molecular complexity index is 520. The van der Waals surface area contributed by atoms with Crippen LogP contribution in [0.2, 0.25) is 0 Å². The third-order valence-electron chi connectivity index (χ3n) is 2.54. The molecule has 102 valence electrons. The third kappa shape index (κ3) is 3.54. The monoisotopic (exact) mass is 267 g/mol. The van der Waals surface area contributed by atoms with E-state index in [2.05, 4.69) is 5.32 Å². The van der Waals surface area contributed by atoms with Gasteiger partial charge < -0.3 is 14.5 Å². The van der Waals surface area contributed by atoms with Gasteiger partial charge in [-0.05, 0) is 30.8 Å². The molecule has 5 heteroatoms. The number of hydrogen-bond donors (Lipinski definition) is 1. The lowest BCUT2D eigenvalue weighted by Gasteiger charge is -2.06. The van der Waals surface area contributed by atoms with E-state index >= 15 is 0 Å². The van der Waals surface area contributed by atoms with E-state index < -0.39 is 11.6 Å². The van der Waals surface area contributed by atoms with Crippen molar-refractivity contribution >= 4 is 0 Å². The molecule has 0 aliphatic carbocycles. The average molecular weight is 267 g/mol.